The van der Waals surface area contributed by atoms with Crippen molar-refractivity contribution in [1.29, 1.82) is 0 Å². The van der Waals surface area contributed by atoms with Crippen LogP contribution in [0.4, 0.5) is 10.5 Å². The predicted octanol–water partition coefficient (Wildman–Crippen LogP) is 5.27. The zero-order valence-corrected chi connectivity index (χ0v) is 17.9. The maximum atomic E-state index is 12.4. The second kappa shape index (κ2) is 9.83. The molecule has 1 atom stereocenters. The van der Waals surface area contributed by atoms with Gasteiger partial charge in [0.2, 0.25) is 0 Å². The van der Waals surface area contributed by atoms with E-state index in [1.54, 1.807) is 35.6 Å². The Morgan fingerprint density at radius 1 is 1.07 bits per heavy atom. The van der Waals surface area contributed by atoms with Crippen molar-refractivity contribution in [2.75, 3.05) is 4.90 Å². The van der Waals surface area contributed by atoms with Crippen LogP contribution >= 0.6 is 11.3 Å². The number of carbonyl (C=O) groups is 3. The zero-order valence-electron chi connectivity index (χ0n) is 17.1. The predicted molar refractivity (Wildman–Crippen MR) is 117 cm³/mol. The molecule has 0 spiro atoms. The van der Waals surface area contributed by atoms with Gasteiger partial charge in [0.15, 0.2) is 5.78 Å². The fraction of sp³-hybridized carbons (Fsp3) is 0.435. The average molecular weight is 413 g/mol. The quantitative estimate of drug-likeness (QED) is 0.328. The van der Waals surface area contributed by atoms with E-state index >= 15 is 0 Å². The number of thiophene rings is 1. The van der Waals surface area contributed by atoms with Crippen LogP contribution in [0, 0.1) is 6.92 Å². The van der Waals surface area contributed by atoms with Gasteiger partial charge in [0.25, 0.3) is 5.91 Å². The van der Waals surface area contributed by atoms with Crippen molar-refractivity contribution in [3.05, 3.63) is 51.7 Å². The number of anilines is 1. The average Bonchev–Trinajstić information content (AvgIpc) is 3.24. The summed E-state index contributed by atoms with van der Waals surface area (Å²) in [5.41, 5.74) is 1.30. The number of imide groups is 1. The lowest BCUT2D eigenvalue weighted by atomic mass is 10.0. The summed E-state index contributed by atoms with van der Waals surface area (Å²) >= 11 is 1.77. The number of urea groups is 1. The third-order valence-electron chi connectivity index (χ3n) is 5.23. The fourth-order valence-electron chi connectivity index (χ4n) is 3.64. The lowest BCUT2D eigenvalue weighted by Crippen LogP contribution is -2.35. The minimum atomic E-state index is -0.505. The number of nitrogens with one attached hydrogen (secondary N) is 1. The highest BCUT2D eigenvalue weighted by atomic mass is 32.1. The molecule has 2 aromatic rings. The van der Waals surface area contributed by atoms with Crippen molar-refractivity contribution in [3.63, 3.8) is 0 Å². The summed E-state index contributed by atoms with van der Waals surface area (Å²) in [6.45, 7) is 4.19. The van der Waals surface area contributed by atoms with Gasteiger partial charge >= 0.3 is 6.03 Å². The number of rotatable bonds is 10. The largest absolute Gasteiger partial charge is 0.329 e. The summed E-state index contributed by atoms with van der Waals surface area (Å²) in [4.78, 5) is 41.0. The first kappa shape index (κ1) is 21.2. The summed E-state index contributed by atoms with van der Waals surface area (Å²) in [5, 5.41) is 2.42. The first-order valence-corrected chi connectivity index (χ1v) is 11.1. The highest BCUT2D eigenvalue weighted by Gasteiger charge is 2.38. The number of ketones is 1. The van der Waals surface area contributed by atoms with Crippen LogP contribution in [0.2, 0.25) is 0 Å². The van der Waals surface area contributed by atoms with Gasteiger partial charge in [-0.05, 0) is 69.0 Å². The third kappa shape index (κ3) is 5.32. The minimum Gasteiger partial charge on any atom is -0.294 e. The number of hydrogen-bond donors (Lipinski definition) is 1. The molecule has 6 heteroatoms. The summed E-state index contributed by atoms with van der Waals surface area (Å²) in [6, 6.07) is 10.4. The standard InChI is InChI=1S/C23H28N2O3S/c1-3-4-5-9-21(26)17-11-13-18(14-12-17)25-20(22(27)24-23(25)28)8-6-7-19-15-10-16(2)29-19/h10-15,20H,3-9H2,1-2H3,(H,24,27,28). The van der Waals surface area contributed by atoms with Gasteiger partial charge in [0.1, 0.15) is 6.04 Å². The van der Waals surface area contributed by atoms with Crippen LogP contribution in [0.15, 0.2) is 36.4 Å². The highest BCUT2D eigenvalue weighted by molar-refractivity contribution is 7.11. The molecular weight excluding hydrogens is 384 g/mol. The van der Waals surface area contributed by atoms with Crippen molar-refractivity contribution in [3.8, 4) is 0 Å². The van der Waals surface area contributed by atoms with Gasteiger partial charge in [0, 0.05) is 27.4 Å². The molecule has 0 aliphatic carbocycles. The topological polar surface area (TPSA) is 66.5 Å². The number of Topliss-reactive ketones (excluding diaryl/α,β-unsaturated/α-hetero) is 1. The normalized spacial score (nSPS) is 16.3. The van der Waals surface area contributed by atoms with Crippen LogP contribution in [0.5, 0.6) is 0 Å². The van der Waals surface area contributed by atoms with Crippen LogP contribution in [0.3, 0.4) is 0 Å². The Morgan fingerprint density at radius 3 is 2.48 bits per heavy atom. The Kier molecular flexibility index (Phi) is 7.20. The summed E-state index contributed by atoms with van der Waals surface area (Å²) in [7, 11) is 0. The number of hydrogen-bond acceptors (Lipinski definition) is 4. The zero-order chi connectivity index (χ0) is 20.8. The van der Waals surface area contributed by atoms with E-state index in [0.29, 0.717) is 24.1 Å². The number of carbonyl (C=O) groups excluding carboxylic acids is 3. The van der Waals surface area contributed by atoms with Crippen molar-refractivity contribution >= 4 is 34.7 Å². The second-order valence-electron chi connectivity index (χ2n) is 7.51. The van der Waals surface area contributed by atoms with E-state index in [4.69, 9.17) is 0 Å². The van der Waals surface area contributed by atoms with Gasteiger partial charge in [-0.15, -0.1) is 11.3 Å². The third-order valence-corrected chi connectivity index (χ3v) is 6.30. The maximum Gasteiger partial charge on any atom is 0.329 e. The molecule has 3 amide bonds. The molecule has 154 valence electrons. The van der Waals surface area contributed by atoms with E-state index in [-0.39, 0.29) is 11.7 Å². The molecular formula is C23H28N2O3S. The van der Waals surface area contributed by atoms with Gasteiger partial charge in [-0.25, -0.2) is 4.79 Å². The first-order valence-electron chi connectivity index (χ1n) is 10.3. The van der Waals surface area contributed by atoms with Crippen molar-refractivity contribution in [2.24, 2.45) is 0 Å². The van der Waals surface area contributed by atoms with Crippen molar-refractivity contribution < 1.29 is 14.4 Å². The van der Waals surface area contributed by atoms with Crippen molar-refractivity contribution in [2.45, 2.75) is 64.8 Å². The smallest absolute Gasteiger partial charge is 0.294 e. The molecule has 0 bridgehead atoms. The number of nitrogens with zero attached hydrogens (tertiary/aromatic N) is 1. The Morgan fingerprint density at radius 2 is 1.83 bits per heavy atom. The Balaban J connectivity index is 1.64. The molecule has 1 saturated heterocycles. The Bertz CT molecular complexity index is 873. The maximum absolute atomic E-state index is 12.4. The molecule has 1 aromatic heterocycles. The SMILES string of the molecule is CCCCCC(=O)c1ccc(N2C(=O)NC(=O)C2CCCc2ccc(C)s2)cc1. The molecule has 5 nitrogen and oxygen atoms in total. The van der Waals surface area contributed by atoms with Crippen LogP contribution in [0.1, 0.15) is 65.6 Å². The Hall–Kier alpha value is -2.47. The second-order valence-corrected chi connectivity index (χ2v) is 8.88. The molecule has 3 rings (SSSR count). The van der Waals surface area contributed by atoms with E-state index in [1.807, 2.05) is 0 Å². The number of aryl methyl sites for hydroxylation is 2. The molecule has 1 N–H and O–H groups in total. The highest BCUT2D eigenvalue weighted by Crippen LogP contribution is 2.26. The fourth-order valence-corrected chi connectivity index (χ4v) is 4.57. The summed E-state index contributed by atoms with van der Waals surface area (Å²) < 4.78 is 0. The molecule has 1 unspecified atom stereocenters. The molecule has 2 heterocycles. The number of benzene rings is 1. The molecule has 29 heavy (non-hydrogen) atoms. The lowest BCUT2D eigenvalue weighted by Gasteiger charge is -2.22. The van der Waals surface area contributed by atoms with E-state index in [1.165, 1.54) is 14.7 Å². The van der Waals surface area contributed by atoms with Crippen LogP contribution in [-0.2, 0) is 11.2 Å². The van der Waals surface area contributed by atoms with Crippen LogP contribution in [0.25, 0.3) is 0 Å². The molecule has 1 aliphatic rings. The van der Waals surface area contributed by atoms with Crippen molar-refractivity contribution in [1.82, 2.24) is 5.32 Å². The summed E-state index contributed by atoms with van der Waals surface area (Å²) in [6.07, 6.45) is 5.90. The molecule has 0 saturated carbocycles. The Labute approximate surface area is 176 Å². The molecule has 0 radical (unpaired) electrons. The first-order chi connectivity index (χ1) is 14.0. The van der Waals surface area contributed by atoms with Gasteiger partial charge < -0.3 is 0 Å². The van der Waals surface area contributed by atoms with E-state index in [9.17, 15) is 14.4 Å². The lowest BCUT2D eigenvalue weighted by molar-refractivity contribution is -0.120. The number of amides is 3. The van der Waals surface area contributed by atoms with E-state index in [0.717, 1.165) is 32.1 Å². The van der Waals surface area contributed by atoms with E-state index in [2.05, 4.69) is 31.3 Å². The monoisotopic (exact) mass is 412 g/mol. The van der Waals surface area contributed by atoms with Gasteiger partial charge in [-0.3, -0.25) is 19.8 Å². The van der Waals surface area contributed by atoms with Crippen LogP contribution in [-0.4, -0.2) is 23.8 Å². The minimum absolute atomic E-state index is 0.120. The molecule has 1 aliphatic heterocycles. The van der Waals surface area contributed by atoms with E-state index < -0.39 is 12.1 Å². The van der Waals surface area contributed by atoms with Gasteiger partial charge in [0.05, 0.1) is 0 Å². The molecule has 1 fully saturated rings. The van der Waals surface area contributed by atoms with Gasteiger partial charge in [-0.1, -0.05) is 19.8 Å². The van der Waals surface area contributed by atoms with Crippen LogP contribution < -0.4 is 10.2 Å². The molecule has 1 aromatic carbocycles. The number of unbranched alkanes of at least 4 members (excludes halogenated alkanes) is 2. The van der Waals surface area contributed by atoms with Gasteiger partial charge in [-0.2, -0.15) is 0 Å². The summed E-state index contributed by atoms with van der Waals surface area (Å²) in [5.74, 6) is -0.133.